The van der Waals surface area contributed by atoms with Crippen molar-refractivity contribution in [3.8, 4) is 5.75 Å². The molecule has 0 atom stereocenters. The Balaban J connectivity index is 2.16. The van der Waals surface area contributed by atoms with Crippen molar-refractivity contribution < 1.29 is 14.5 Å². The van der Waals surface area contributed by atoms with Gasteiger partial charge >= 0.3 is 0 Å². The molecule has 0 aliphatic carbocycles. The quantitative estimate of drug-likeness (QED) is 0.466. The maximum absolute atomic E-state index is 11.3. The number of nitro groups is 1. The lowest BCUT2D eigenvalue weighted by Gasteiger charge is -2.19. The fraction of sp³-hybridized carbons (Fsp3) is 0.462. The minimum Gasteiger partial charge on any atom is -0.481 e. The highest BCUT2D eigenvalue weighted by Crippen LogP contribution is 2.37. The summed E-state index contributed by atoms with van der Waals surface area (Å²) in [6.07, 6.45) is 0.851. The molecule has 0 saturated carbocycles. The number of hydrogen-bond donors (Lipinski definition) is 2. The van der Waals surface area contributed by atoms with Crippen LogP contribution in [0.5, 0.6) is 5.75 Å². The number of amides is 1. The molecule has 21 heavy (non-hydrogen) atoms. The van der Waals surface area contributed by atoms with Crippen LogP contribution in [0.2, 0.25) is 0 Å². The Morgan fingerprint density at radius 1 is 1.48 bits per heavy atom. The van der Waals surface area contributed by atoms with Gasteiger partial charge in [-0.15, -0.1) is 0 Å². The van der Waals surface area contributed by atoms with Crippen LogP contribution in [0.3, 0.4) is 0 Å². The number of anilines is 2. The maximum Gasteiger partial charge on any atom is 0.296 e. The first-order valence-corrected chi connectivity index (χ1v) is 6.61. The first-order valence-electron chi connectivity index (χ1n) is 6.61. The number of rotatable bonds is 6. The topological polar surface area (TPSA) is 96.7 Å². The van der Waals surface area contributed by atoms with Crippen molar-refractivity contribution in [2.45, 2.75) is 6.42 Å². The van der Waals surface area contributed by atoms with Crippen molar-refractivity contribution in [1.82, 2.24) is 4.90 Å². The van der Waals surface area contributed by atoms with E-state index < -0.39 is 4.92 Å². The molecule has 8 nitrogen and oxygen atoms in total. The second kappa shape index (κ2) is 6.40. The Morgan fingerprint density at radius 2 is 2.24 bits per heavy atom. The second-order valence-electron chi connectivity index (χ2n) is 5.04. The molecule has 2 N–H and O–H groups in total. The third-order valence-corrected chi connectivity index (χ3v) is 3.03. The van der Waals surface area contributed by atoms with Crippen LogP contribution < -0.4 is 15.4 Å². The zero-order valence-electron chi connectivity index (χ0n) is 12.0. The average Bonchev–Trinajstić information content (AvgIpc) is 2.42. The number of fused-ring (bicyclic) bond motifs is 1. The Labute approximate surface area is 122 Å². The lowest BCUT2D eigenvalue weighted by Crippen LogP contribution is -2.25. The van der Waals surface area contributed by atoms with Gasteiger partial charge in [0, 0.05) is 6.54 Å². The van der Waals surface area contributed by atoms with E-state index >= 15 is 0 Å². The van der Waals surface area contributed by atoms with Crippen LogP contribution in [0.15, 0.2) is 12.1 Å². The van der Waals surface area contributed by atoms with Gasteiger partial charge in [0.15, 0.2) is 12.4 Å². The van der Waals surface area contributed by atoms with Crippen LogP contribution >= 0.6 is 0 Å². The molecule has 8 heteroatoms. The smallest absolute Gasteiger partial charge is 0.296 e. The van der Waals surface area contributed by atoms with E-state index in [2.05, 4.69) is 10.6 Å². The summed E-state index contributed by atoms with van der Waals surface area (Å²) in [5.41, 5.74) is 0.769. The second-order valence-corrected chi connectivity index (χ2v) is 5.04. The Bertz CT molecular complexity index is 559. The molecule has 0 fully saturated rings. The van der Waals surface area contributed by atoms with Gasteiger partial charge in [0.1, 0.15) is 5.69 Å². The zero-order valence-corrected chi connectivity index (χ0v) is 12.0. The van der Waals surface area contributed by atoms with Gasteiger partial charge in [0.25, 0.3) is 11.6 Å². The zero-order chi connectivity index (χ0) is 15.4. The minimum atomic E-state index is -0.464. The number of nitrogens with zero attached hydrogens (tertiary/aromatic N) is 2. The normalized spacial score (nSPS) is 13.4. The van der Waals surface area contributed by atoms with Crippen molar-refractivity contribution in [3.63, 3.8) is 0 Å². The number of carbonyl (C=O) groups is 1. The summed E-state index contributed by atoms with van der Waals surface area (Å²) in [4.78, 5) is 24.0. The van der Waals surface area contributed by atoms with Crippen LogP contribution in [-0.4, -0.2) is 49.5 Å². The van der Waals surface area contributed by atoms with E-state index in [1.807, 2.05) is 19.0 Å². The number of nitro benzene ring substituents is 1. The monoisotopic (exact) mass is 294 g/mol. The number of nitrogens with one attached hydrogen (secondary N) is 2. The molecule has 0 radical (unpaired) electrons. The summed E-state index contributed by atoms with van der Waals surface area (Å²) < 4.78 is 5.19. The Hall–Kier alpha value is -2.35. The third-order valence-electron chi connectivity index (χ3n) is 3.03. The van der Waals surface area contributed by atoms with E-state index in [0.29, 0.717) is 23.7 Å². The highest BCUT2D eigenvalue weighted by molar-refractivity contribution is 5.96. The third kappa shape index (κ3) is 3.82. The van der Waals surface area contributed by atoms with Gasteiger partial charge in [-0.3, -0.25) is 14.9 Å². The molecule has 1 amide bonds. The lowest BCUT2D eigenvalue weighted by atomic mass is 10.2. The fourth-order valence-corrected chi connectivity index (χ4v) is 2.03. The Kier molecular flexibility index (Phi) is 4.59. The highest BCUT2D eigenvalue weighted by Gasteiger charge is 2.23. The molecule has 1 aromatic rings. The van der Waals surface area contributed by atoms with E-state index in [-0.39, 0.29) is 18.2 Å². The molecule has 0 unspecified atom stereocenters. The molecule has 0 aromatic heterocycles. The SMILES string of the molecule is CN(C)CCCNc1cc2c(cc1[N+](=O)[O-])OCC(=O)N2. The van der Waals surface area contributed by atoms with Crippen LogP contribution in [0, 0.1) is 10.1 Å². The van der Waals surface area contributed by atoms with Gasteiger partial charge < -0.3 is 20.3 Å². The van der Waals surface area contributed by atoms with Crippen LogP contribution in [-0.2, 0) is 4.79 Å². The molecular formula is C13H18N4O4. The summed E-state index contributed by atoms with van der Waals surface area (Å²) in [7, 11) is 3.93. The van der Waals surface area contributed by atoms with Gasteiger partial charge in [-0.05, 0) is 33.1 Å². The molecule has 0 spiro atoms. The molecule has 0 saturated heterocycles. The van der Waals surface area contributed by atoms with Gasteiger partial charge in [-0.25, -0.2) is 0 Å². The van der Waals surface area contributed by atoms with Crippen molar-refractivity contribution >= 4 is 23.0 Å². The maximum atomic E-state index is 11.3. The fourth-order valence-electron chi connectivity index (χ4n) is 2.03. The van der Waals surface area contributed by atoms with Gasteiger partial charge in [-0.2, -0.15) is 0 Å². The van der Waals surface area contributed by atoms with E-state index in [0.717, 1.165) is 13.0 Å². The summed E-state index contributed by atoms with van der Waals surface area (Å²) >= 11 is 0. The van der Waals surface area contributed by atoms with Crippen molar-refractivity contribution in [2.75, 3.05) is 44.4 Å². The van der Waals surface area contributed by atoms with Gasteiger partial charge in [-0.1, -0.05) is 0 Å². The molecule has 0 bridgehead atoms. The van der Waals surface area contributed by atoms with Crippen molar-refractivity contribution in [1.29, 1.82) is 0 Å². The number of hydrogen-bond acceptors (Lipinski definition) is 6. The predicted octanol–water partition coefficient (Wildman–Crippen LogP) is 1.29. The number of carbonyl (C=O) groups excluding carboxylic acids is 1. The van der Waals surface area contributed by atoms with E-state index in [4.69, 9.17) is 4.74 Å². The van der Waals surface area contributed by atoms with Crippen molar-refractivity contribution in [2.24, 2.45) is 0 Å². The molecule has 1 aliphatic rings. The van der Waals surface area contributed by atoms with Crippen LogP contribution in [0.1, 0.15) is 6.42 Å². The van der Waals surface area contributed by atoms with Crippen LogP contribution in [0.4, 0.5) is 17.1 Å². The molecule has 2 rings (SSSR count). The standard InChI is InChI=1S/C13H18N4O4/c1-16(2)5-3-4-14-9-6-10-12(7-11(9)17(19)20)21-8-13(18)15-10/h6-7,14H,3-5,8H2,1-2H3,(H,15,18). The molecular weight excluding hydrogens is 276 g/mol. The molecule has 1 aliphatic heterocycles. The molecule has 1 heterocycles. The average molecular weight is 294 g/mol. The summed E-state index contributed by atoms with van der Waals surface area (Å²) in [6, 6.07) is 2.88. The summed E-state index contributed by atoms with van der Waals surface area (Å²) in [5, 5.41) is 16.8. The van der Waals surface area contributed by atoms with Crippen LogP contribution in [0.25, 0.3) is 0 Å². The minimum absolute atomic E-state index is 0.0604. The number of ether oxygens (including phenoxy) is 1. The summed E-state index contributed by atoms with van der Waals surface area (Å²) in [5.74, 6) is 0.0510. The van der Waals surface area contributed by atoms with Gasteiger partial charge in [0.05, 0.1) is 16.7 Å². The molecule has 114 valence electrons. The lowest BCUT2D eigenvalue weighted by molar-refractivity contribution is -0.384. The van der Waals surface area contributed by atoms with E-state index in [9.17, 15) is 14.9 Å². The van der Waals surface area contributed by atoms with E-state index in [1.165, 1.54) is 6.07 Å². The Morgan fingerprint density at radius 3 is 2.90 bits per heavy atom. The highest BCUT2D eigenvalue weighted by atomic mass is 16.6. The van der Waals surface area contributed by atoms with E-state index in [1.54, 1.807) is 6.07 Å². The largest absolute Gasteiger partial charge is 0.481 e. The summed E-state index contributed by atoms with van der Waals surface area (Å²) in [6.45, 7) is 1.36. The van der Waals surface area contributed by atoms with Gasteiger partial charge in [0.2, 0.25) is 0 Å². The first-order chi connectivity index (χ1) is 9.97. The predicted molar refractivity (Wildman–Crippen MR) is 78.9 cm³/mol. The first kappa shape index (κ1) is 15.0. The molecule has 1 aromatic carbocycles. The number of benzene rings is 1. The van der Waals surface area contributed by atoms with Crippen molar-refractivity contribution in [3.05, 3.63) is 22.2 Å².